The first-order chi connectivity index (χ1) is 11.7. The normalized spacial score (nSPS) is 26.4. The maximum Gasteiger partial charge on any atom is 0.191 e. The lowest BCUT2D eigenvalue weighted by molar-refractivity contribution is 0.415. The van der Waals surface area contributed by atoms with Gasteiger partial charge in [0, 0.05) is 44.0 Å². The summed E-state index contributed by atoms with van der Waals surface area (Å²) in [6, 6.07) is 8.94. The molecule has 1 saturated heterocycles. The molecule has 0 amide bonds. The number of nitrogens with one attached hydrogen (secondary N) is 2. The van der Waals surface area contributed by atoms with Gasteiger partial charge in [-0.2, -0.15) is 0 Å². The molecule has 0 bridgehead atoms. The monoisotopic (exact) mass is 330 g/mol. The van der Waals surface area contributed by atoms with Gasteiger partial charge in [-0.3, -0.25) is 4.99 Å². The van der Waals surface area contributed by atoms with Crippen molar-refractivity contribution in [2.24, 2.45) is 16.8 Å². The highest BCUT2D eigenvalue weighted by Gasteiger charge is 2.33. The third-order valence-corrected chi connectivity index (χ3v) is 4.99. The molecule has 3 unspecified atom stereocenters. The number of benzene rings is 1. The van der Waals surface area contributed by atoms with E-state index < -0.39 is 0 Å². The minimum atomic E-state index is 0.611. The Morgan fingerprint density at radius 3 is 2.96 bits per heavy atom. The number of hydrogen-bond acceptors (Lipinski definition) is 3. The van der Waals surface area contributed by atoms with Gasteiger partial charge in [0.1, 0.15) is 5.75 Å². The Balaban J connectivity index is 1.53. The van der Waals surface area contributed by atoms with Gasteiger partial charge in [0.05, 0.1) is 7.11 Å². The maximum atomic E-state index is 5.33. The average Bonchev–Trinajstić information content (AvgIpc) is 3.10. The SMILES string of the molecule is CCNC(=NCC1CCN(c2cccc(OC)c2)C1)NC1CC1C. The van der Waals surface area contributed by atoms with Crippen molar-refractivity contribution in [3.8, 4) is 5.75 Å². The lowest BCUT2D eigenvalue weighted by Gasteiger charge is -2.19. The summed E-state index contributed by atoms with van der Waals surface area (Å²) in [6.07, 6.45) is 2.46. The van der Waals surface area contributed by atoms with Crippen LogP contribution in [0.25, 0.3) is 0 Å². The number of ether oxygens (including phenoxy) is 1. The van der Waals surface area contributed by atoms with Gasteiger partial charge >= 0.3 is 0 Å². The molecule has 24 heavy (non-hydrogen) atoms. The van der Waals surface area contributed by atoms with Crippen LogP contribution >= 0.6 is 0 Å². The first kappa shape index (κ1) is 16.9. The van der Waals surface area contributed by atoms with Crippen molar-refractivity contribution >= 4 is 11.6 Å². The number of guanidine groups is 1. The third kappa shape index (κ3) is 4.34. The van der Waals surface area contributed by atoms with Crippen LogP contribution in [0.4, 0.5) is 5.69 Å². The average molecular weight is 330 g/mol. The summed E-state index contributed by atoms with van der Waals surface area (Å²) in [5, 5.41) is 6.90. The number of methoxy groups -OCH3 is 1. The van der Waals surface area contributed by atoms with Crippen LogP contribution in [0.3, 0.4) is 0 Å². The van der Waals surface area contributed by atoms with Crippen LogP contribution < -0.4 is 20.3 Å². The van der Waals surface area contributed by atoms with E-state index >= 15 is 0 Å². The highest BCUT2D eigenvalue weighted by Crippen LogP contribution is 2.29. The Labute approximate surface area is 145 Å². The molecule has 2 N–H and O–H groups in total. The zero-order chi connectivity index (χ0) is 16.9. The molecule has 1 aromatic rings. The van der Waals surface area contributed by atoms with Crippen molar-refractivity contribution in [2.45, 2.75) is 32.7 Å². The first-order valence-electron chi connectivity index (χ1n) is 9.13. The van der Waals surface area contributed by atoms with E-state index in [9.17, 15) is 0 Å². The Bertz CT molecular complexity index is 574. The quantitative estimate of drug-likeness (QED) is 0.621. The number of anilines is 1. The fourth-order valence-corrected chi connectivity index (χ4v) is 3.26. The molecule has 1 aliphatic heterocycles. The van der Waals surface area contributed by atoms with E-state index in [1.807, 2.05) is 6.07 Å². The molecule has 2 fully saturated rings. The van der Waals surface area contributed by atoms with Gasteiger partial charge < -0.3 is 20.3 Å². The summed E-state index contributed by atoms with van der Waals surface area (Å²) in [4.78, 5) is 7.25. The molecule has 1 heterocycles. The molecule has 0 spiro atoms. The molecule has 3 atom stereocenters. The molecular weight excluding hydrogens is 300 g/mol. The van der Waals surface area contributed by atoms with Crippen LogP contribution in [-0.2, 0) is 0 Å². The minimum absolute atomic E-state index is 0.611. The Morgan fingerprint density at radius 2 is 2.25 bits per heavy atom. The van der Waals surface area contributed by atoms with Crippen LogP contribution in [0, 0.1) is 11.8 Å². The fraction of sp³-hybridized carbons (Fsp3) is 0.632. The molecule has 0 radical (unpaired) electrons. The molecule has 3 rings (SSSR count). The second kappa shape index (κ2) is 7.77. The van der Waals surface area contributed by atoms with Crippen molar-refractivity contribution < 1.29 is 4.74 Å². The first-order valence-corrected chi connectivity index (χ1v) is 9.13. The van der Waals surface area contributed by atoms with E-state index in [4.69, 9.17) is 9.73 Å². The highest BCUT2D eigenvalue weighted by molar-refractivity contribution is 5.80. The number of hydrogen-bond donors (Lipinski definition) is 2. The third-order valence-electron chi connectivity index (χ3n) is 4.99. The summed E-state index contributed by atoms with van der Waals surface area (Å²) in [7, 11) is 1.72. The molecule has 132 valence electrons. The molecule has 0 aromatic heterocycles. The van der Waals surface area contributed by atoms with Gasteiger partial charge in [0.25, 0.3) is 0 Å². The summed E-state index contributed by atoms with van der Waals surface area (Å²) in [5.74, 6) is 3.30. The van der Waals surface area contributed by atoms with Gasteiger partial charge in [0.2, 0.25) is 0 Å². The van der Waals surface area contributed by atoms with Gasteiger partial charge in [-0.05, 0) is 43.7 Å². The lowest BCUT2D eigenvalue weighted by atomic mass is 10.1. The lowest BCUT2D eigenvalue weighted by Crippen LogP contribution is -2.39. The van der Waals surface area contributed by atoms with Gasteiger partial charge in [0.15, 0.2) is 5.96 Å². The maximum absolute atomic E-state index is 5.33. The predicted molar refractivity (Wildman–Crippen MR) is 100.0 cm³/mol. The van der Waals surface area contributed by atoms with Crippen molar-refractivity contribution in [3.63, 3.8) is 0 Å². The van der Waals surface area contributed by atoms with Crippen molar-refractivity contribution in [1.82, 2.24) is 10.6 Å². The van der Waals surface area contributed by atoms with E-state index in [1.165, 1.54) is 18.5 Å². The number of rotatable bonds is 6. The zero-order valence-electron chi connectivity index (χ0n) is 15.1. The summed E-state index contributed by atoms with van der Waals surface area (Å²) >= 11 is 0. The van der Waals surface area contributed by atoms with Gasteiger partial charge in [-0.25, -0.2) is 0 Å². The fourth-order valence-electron chi connectivity index (χ4n) is 3.26. The van der Waals surface area contributed by atoms with Crippen molar-refractivity contribution in [1.29, 1.82) is 0 Å². The molecular formula is C19H30N4O. The minimum Gasteiger partial charge on any atom is -0.497 e. The Kier molecular flexibility index (Phi) is 5.48. The van der Waals surface area contributed by atoms with Crippen LogP contribution in [0.2, 0.25) is 0 Å². The molecule has 2 aliphatic rings. The zero-order valence-corrected chi connectivity index (χ0v) is 15.1. The van der Waals surface area contributed by atoms with Crippen LogP contribution in [0.5, 0.6) is 5.75 Å². The van der Waals surface area contributed by atoms with Crippen LogP contribution in [0.15, 0.2) is 29.3 Å². The predicted octanol–water partition coefficient (Wildman–Crippen LogP) is 2.49. The van der Waals surface area contributed by atoms with Crippen LogP contribution in [0.1, 0.15) is 26.7 Å². The van der Waals surface area contributed by atoms with Gasteiger partial charge in [-0.1, -0.05) is 13.0 Å². The molecule has 1 aromatic carbocycles. The molecule has 5 nitrogen and oxygen atoms in total. The van der Waals surface area contributed by atoms with E-state index in [-0.39, 0.29) is 0 Å². The number of nitrogens with zero attached hydrogens (tertiary/aromatic N) is 2. The molecule has 1 aliphatic carbocycles. The Morgan fingerprint density at radius 1 is 1.42 bits per heavy atom. The smallest absolute Gasteiger partial charge is 0.191 e. The number of aliphatic imine (C=N–C) groups is 1. The topological polar surface area (TPSA) is 48.9 Å². The van der Waals surface area contributed by atoms with E-state index in [0.29, 0.717) is 12.0 Å². The van der Waals surface area contributed by atoms with Crippen molar-refractivity contribution in [2.75, 3.05) is 38.2 Å². The standard InChI is InChI=1S/C19H30N4O/c1-4-20-19(22-18-10-14(18)2)21-12-15-8-9-23(13-15)16-6-5-7-17(11-16)24-3/h5-7,11,14-15,18H,4,8-10,12-13H2,1-3H3,(H2,20,21,22). The second-order valence-electron chi connectivity index (χ2n) is 6.99. The van der Waals surface area contributed by atoms with E-state index in [0.717, 1.165) is 43.8 Å². The summed E-state index contributed by atoms with van der Waals surface area (Å²) < 4.78 is 5.33. The molecule has 5 heteroatoms. The van der Waals surface area contributed by atoms with E-state index in [1.54, 1.807) is 7.11 Å². The van der Waals surface area contributed by atoms with Crippen molar-refractivity contribution in [3.05, 3.63) is 24.3 Å². The highest BCUT2D eigenvalue weighted by atomic mass is 16.5. The summed E-state index contributed by atoms with van der Waals surface area (Å²) in [6.45, 7) is 8.36. The second-order valence-corrected chi connectivity index (χ2v) is 6.99. The van der Waals surface area contributed by atoms with E-state index in [2.05, 4.69) is 47.6 Å². The molecule has 1 saturated carbocycles. The Hall–Kier alpha value is -1.91. The van der Waals surface area contributed by atoms with Crippen LogP contribution in [-0.4, -0.2) is 45.3 Å². The van der Waals surface area contributed by atoms with Gasteiger partial charge in [-0.15, -0.1) is 0 Å². The summed E-state index contributed by atoms with van der Waals surface area (Å²) in [5.41, 5.74) is 1.25. The largest absolute Gasteiger partial charge is 0.497 e.